The number of halogens is 3. The summed E-state index contributed by atoms with van der Waals surface area (Å²) in [6.07, 6.45) is 0.329. The van der Waals surface area contributed by atoms with Crippen molar-refractivity contribution in [3.63, 3.8) is 0 Å². The molecule has 1 aromatic heterocycles. The van der Waals surface area contributed by atoms with Gasteiger partial charge in [-0.2, -0.15) is 5.10 Å². The highest BCUT2D eigenvalue weighted by Crippen LogP contribution is 2.22. The Labute approximate surface area is 126 Å². The fraction of sp³-hybridized carbons (Fsp3) is 0.286. The van der Waals surface area contributed by atoms with E-state index in [0.717, 1.165) is 11.3 Å². The van der Waals surface area contributed by atoms with Crippen molar-refractivity contribution in [1.29, 1.82) is 0 Å². The zero-order chi connectivity index (χ0) is 14.9. The predicted molar refractivity (Wildman–Crippen MR) is 76.8 cm³/mol. The molecule has 3 nitrogen and oxygen atoms in total. The van der Waals surface area contributed by atoms with Crippen LogP contribution in [0.2, 0.25) is 10.2 Å². The highest BCUT2D eigenvalue weighted by Gasteiger charge is 2.16. The van der Waals surface area contributed by atoms with Crippen LogP contribution in [0.3, 0.4) is 0 Å². The van der Waals surface area contributed by atoms with Crippen LogP contribution >= 0.6 is 23.2 Å². The van der Waals surface area contributed by atoms with Gasteiger partial charge >= 0.3 is 0 Å². The van der Waals surface area contributed by atoms with Crippen molar-refractivity contribution >= 4 is 29.0 Å². The molecule has 0 bridgehead atoms. The Morgan fingerprint density at radius 2 is 2.05 bits per heavy atom. The molecule has 2 aromatic rings. The van der Waals surface area contributed by atoms with Crippen molar-refractivity contribution in [2.75, 3.05) is 0 Å². The minimum absolute atomic E-state index is 0.0449. The minimum atomic E-state index is -0.419. The number of nitrogens with zero attached hydrogens (tertiary/aromatic N) is 2. The fourth-order valence-electron chi connectivity index (χ4n) is 2.01. The standard InChI is InChI=1S/C14H13Cl2FN2O/c1-8-12(14(16)19(2)18-8)7-11(20)5-9-3-4-10(17)6-13(9)15/h3-4,6H,5,7H2,1-2H3. The van der Waals surface area contributed by atoms with Crippen molar-refractivity contribution in [2.24, 2.45) is 7.05 Å². The van der Waals surface area contributed by atoms with E-state index in [1.165, 1.54) is 22.9 Å². The van der Waals surface area contributed by atoms with Crippen LogP contribution < -0.4 is 0 Å². The van der Waals surface area contributed by atoms with Gasteiger partial charge in [0.1, 0.15) is 16.8 Å². The molecule has 0 saturated heterocycles. The Hall–Kier alpha value is -1.39. The first kappa shape index (κ1) is 15.0. The van der Waals surface area contributed by atoms with Gasteiger partial charge in [0.2, 0.25) is 0 Å². The molecule has 2 rings (SSSR count). The summed E-state index contributed by atoms with van der Waals surface area (Å²) in [6.45, 7) is 1.80. The van der Waals surface area contributed by atoms with Gasteiger partial charge in [0.15, 0.2) is 0 Å². The number of ketones is 1. The highest BCUT2D eigenvalue weighted by molar-refractivity contribution is 6.31. The summed E-state index contributed by atoms with van der Waals surface area (Å²) in [7, 11) is 1.72. The van der Waals surface area contributed by atoms with Crippen LogP contribution in [0.15, 0.2) is 18.2 Å². The maximum atomic E-state index is 12.9. The second-order valence-corrected chi connectivity index (χ2v) is 5.37. The lowest BCUT2D eigenvalue weighted by molar-refractivity contribution is -0.117. The Kier molecular flexibility index (Phi) is 4.45. The maximum absolute atomic E-state index is 12.9. The van der Waals surface area contributed by atoms with Crippen molar-refractivity contribution in [3.05, 3.63) is 51.0 Å². The third-order valence-electron chi connectivity index (χ3n) is 3.05. The first-order chi connectivity index (χ1) is 9.38. The highest BCUT2D eigenvalue weighted by atomic mass is 35.5. The molecular weight excluding hydrogens is 302 g/mol. The third-order valence-corrected chi connectivity index (χ3v) is 3.87. The van der Waals surface area contributed by atoms with Gasteiger partial charge in [0.05, 0.1) is 5.69 Å². The number of hydrogen-bond acceptors (Lipinski definition) is 2. The lowest BCUT2D eigenvalue weighted by atomic mass is 10.0. The predicted octanol–water partition coefficient (Wildman–Crippen LogP) is 3.53. The largest absolute Gasteiger partial charge is 0.299 e. The van der Waals surface area contributed by atoms with Crippen molar-refractivity contribution in [2.45, 2.75) is 19.8 Å². The zero-order valence-corrected chi connectivity index (χ0v) is 12.6. The van der Waals surface area contributed by atoms with Gasteiger partial charge in [-0.15, -0.1) is 0 Å². The Morgan fingerprint density at radius 1 is 1.35 bits per heavy atom. The van der Waals surface area contributed by atoms with E-state index in [0.29, 0.717) is 10.7 Å². The molecule has 0 amide bonds. The lowest BCUT2D eigenvalue weighted by Gasteiger charge is -2.04. The molecule has 0 N–H and O–H groups in total. The van der Waals surface area contributed by atoms with Crippen LogP contribution in [0.5, 0.6) is 0 Å². The molecule has 0 aliphatic carbocycles. The smallest absolute Gasteiger partial charge is 0.141 e. The van der Waals surface area contributed by atoms with Gasteiger partial charge in [0, 0.05) is 30.5 Å². The molecule has 0 saturated carbocycles. The number of benzene rings is 1. The number of Topliss-reactive ketones (excluding diaryl/α,β-unsaturated/α-hetero) is 1. The van der Waals surface area contributed by atoms with Crippen LogP contribution in [0.25, 0.3) is 0 Å². The van der Waals surface area contributed by atoms with E-state index in [1.807, 2.05) is 0 Å². The molecule has 0 spiro atoms. The molecule has 106 valence electrons. The molecule has 0 aliphatic heterocycles. The van der Waals surface area contributed by atoms with E-state index in [-0.39, 0.29) is 23.6 Å². The molecule has 0 atom stereocenters. The minimum Gasteiger partial charge on any atom is -0.299 e. The summed E-state index contributed by atoms with van der Waals surface area (Å²) in [4.78, 5) is 12.1. The molecule has 20 heavy (non-hydrogen) atoms. The average molecular weight is 315 g/mol. The van der Waals surface area contributed by atoms with Gasteiger partial charge in [0.25, 0.3) is 0 Å². The summed E-state index contributed by atoms with van der Waals surface area (Å²) in [5, 5.41) is 4.87. The summed E-state index contributed by atoms with van der Waals surface area (Å²) >= 11 is 12.0. The number of hydrogen-bond donors (Lipinski definition) is 0. The van der Waals surface area contributed by atoms with E-state index in [9.17, 15) is 9.18 Å². The summed E-state index contributed by atoms with van der Waals surface area (Å²) in [6, 6.07) is 4.01. The second-order valence-electron chi connectivity index (χ2n) is 4.61. The summed E-state index contributed by atoms with van der Waals surface area (Å²) < 4.78 is 14.5. The molecule has 0 aliphatic rings. The molecular formula is C14H13Cl2FN2O. The van der Waals surface area contributed by atoms with E-state index >= 15 is 0 Å². The van der Waals surface area contributed by atoms with Crippen molar-refractivity contribution < 1.29 is 9.18 Å². The molecule has 0 unspecified atom stereocenters. The molecule has 0 fully saturated rings. The topological polar surface area (TPSA) is 34.9 Å². The van der Waals surface area contributed by atoms with Crippen LogP contribution in [0, 0.1) is 12.7 Å². The van der Waals surface area contributed by atoms with E-state index < -0.39 is 5.82 Å². The monoisotopic (exact) mass is 314 g/mol. The number of carbonyl (C=O) groups excluding carboxylic acids is 1. The molecule has 0 radical (unpaired) electrons. The Balaban J connectivity index is 2.13. The third kappa shape index (κ3) is 3.19. The normalized spacial score (nSPS) is 10.8. The van der Waals surface area contributed by atoms with Gasteiger partial charge in [-0.3, -0.25) is 9.48 Å². The molecule has 1 heterocycles. The van der Waals surface area contributed by atoms with Crippen LogP contribution in [-0.4, -0.2) is 15.6 Å². The average Bonchev–Trinajstić information content (AvgIpc) is 2.60. The molecule has 1 aromatic carbocycles. The van der Waals surface area contributed by atoms with Gasteiger partial charge in [-0.05, 0) is 24.6 Å². The summed E-state index contributed by atoms with van der Waals surface area (Å²) in [5.41, 5.74) is 2.06. The second kappa shape index (κ2) is 5.94. The van der Waals surface area contributed by atoms with Crippen LogP contribution in [-0.2, 0) is 24.7 Å². The van der Waals surface area contributed by atoms with E-state index in [4.69, 9.17) is 23.2 Å². The summed E-state index contributed by atoms with van der Waals surface area (Å²) in [5.74, 6) is -0.464. The number of aryl methyl sites for hydroxylation is 2. The van der Waals surface area contributed by atoms with Crippen molar-refractivity contribution in [3.8, 4) is 0 Å². The number of rotatable bonds is 4. The number of aromatic nitrogens is 2. The van der Waals surface area contributed by atoms with Gasteiger partial charge in [-0.1, -0.05) is 29.3 Å². The Morgan fingerprint density at radius 3 is 2.60 bits per heavy atom. The number of carbonyl (C=O) groups is 1. The quantitative estimate of drug-likeness (QED) is 0.865. The van der Waals surface area contributed by atoms with Gasteiger partial charge in [-0.25, -0.2) is 4.39 Å². The van der Waals surface area contributed by atoms with Crippen molar-refractivity contribution in [1.82, 2.24) is 9.78 Å². The fourth-order valence-corrected chi connectivity index (χ4v) is 2.49. The van der Waals surface area contributed by atoms with Crippen LogP contribution in [0.1, 0.15) is 16.8 Å². The maximum Gasteiger partial charge on any atom is 0.141 e. The lowest BCUT2D eigenvalue weighted by Crippen LogP contribution is -2.08. The first-order valence-corrected chi connectivity index (χ1v) is 6.77. The molecule has 6 heteroatoms. The van der Waals surface area contributed by atoms with Gasteiger partial charge < -0.3 is 0 Å². The Bertz CT molecular complexity index is 667. The van der Waals surface area contributed by atoms with E-state index in [2.05, 4.69) is 5.10 Å². The first-order valence-electron chi connectivity index (χ1n) is 6.02. The van der Waals surface area contributed by atoms with Crippen LogP contribution in [0.4, 0.5) is 4.39 Å². The SMILES string of the molecule is Cc1nn(C)c(Cl)c1CC(=O)Cc1ccc(F)cc1Cl. The van der Waals surface area contributed by atoms with E-state index in [1.54, 1.807) is 14.0 Å². The zero-order valence-electron chi connectivity index (χ0n) is 11.1.